The van der Waals surface area contributed by atoms with Gasteiger partial charge in [-0.3, -0.25) is 0 Å². The summed E-state index contributed by atoms with van der Waals surface area (Å²) in [5.74, 6) is 0. The van der Waals surface area contributed by atoms with Crippen LogP contribution in [0.15, 0.2) is 255 Å². The molecule has 0 saturated carbocycles. The van der Waals surface area contributed by atoms with E-state index < -0.39 is 0 Å². The Morgan fingerprint density at radius 2 is 0.242 bits per heavy atom. The second-order valence-corrected chi connectivity index (χ2v) is 33.1. The highest BCUT2D eigenvalue weighted by atomic mass is 15.1. The minimum absolute atomic E-state index is 1.03. The van der Waals surface area contributed by atoms with Gasteiger partial charge in [-0.25, -0.2) is 0 Å². The smallest absolute Gasteiger partial charge is 0.00130 e. The van der Waals surface area contributed by atoms with E-state index in [-0.39, 0.29) is 0 Å². The number of hydrogen-bond acceptors (Lipinski definition) is 6. The maximum Gasteiger partial charge on any atom is -0.00130 e. The summed E-state index contributed by atoms with van der Waals surface area (Å²) in [4.78, 5) is 12.8. The quantitative estimate of drug-likeness (QED) is 0.164. The van der Waals surface area contributed by atoms with Crippen molar-refractivity contribution >= 4 is 64.6 Å². The van der Waals surface area contributed by atoms with Crippen molar-refractivity contribution in [1.82, 2.24) is 29.4 Å². The van der Waals surface area contributed by atoms with Crippen LogP contribution < -0.4 is 0 Å². The van der Waals surface area contributed by atoms with E-state index >= 15 is 0 Å². The van der Waals surface area contributed by atoms with E-state index in [1.807, 2.05) is 125 Å². The molecule has 708 valence electrons. The van der Waals surface area contributed by atoms with E-state index in [9.17, 15) is 0 Å². The molecule has 6 aliphatic carbocycles. The zero-order valence-corrected chi connectivity index (χ0v) is 89.4. The lowest BCUT2D eigenvalue weighted by Crippen LogP contribution is -2.08. The normalized spacial score (nSPS) is 11.1. The molecule has 0 amide bonds. The summed E-state index contributed by atoms with van der Waals surface area (Å²) >= 11 is 0. The molecule has 6 heteroatoms. The number of fused-ring (bicyclic) bond motifs is 24. The lowest BCUT2D eigenvalue weighted by Gasteiger charge is -2.09. The summed E-state index contributed by atoms with van der Waals surface area (Å²) in [5, 5.41) is 16.2. The molecule has 0 fully saturated rings. The average Bonchev–Trinajstić information content (AvgIpc) is 1.68. The SMILES string of the molecule is CC.CC.CC.CC.CC.CC.CC.CC.CC.CCN(C)C.CCN(C)C.CCN(C)C.CCN(C)C.CCN(C)C.CCN(C)C.c1ccc2c(c1)Cc1cc3cc4c(cc3cc1-2)-c1ccccc1C4.c1ccc2c(c1)Cc1cc3cc4c(cc3cc1-2)Cc1cc2ccccc2cc1-4.c1ccc2cc3c(cc2c1)Cc1cc2cc4c(cc2cc1-3)Cc1cc2ccccc2cc1-4. The van der Waals surface area contributed by atoms with Crippen LogP contribution in [0, 0.1) is 0 Å². The zero-order valence-electron chi connectivity index (χ0n) is 89.4. The molecule has 0 bridgehead atoms. The predicted octanol–water partition coefficient (Wildman–Crippen LogP) is 34.0. The van der Waals surface area contributed by atoms with Crippen molar-refractivity contribution in [3.8, 4) is 66.8 Å². The Morgan fingerprint density at radius 3 is 0.409 bits per heavy atom. The topological polar surface area (TPSA) is 19.4 Å². The van der Waals surface area contributed by atoms with Gasteiger partial charge < -0.3 is 29.4 Å². The van der Waals surface area contributed by atoms with Crippen molar-refractivity contribution in [3.05, 3.63) is 322 Å². The molecule has 0 aromatic heterocycles. The van der Waals surface area contributed by atoms with Crippen LogP contribution >= 0.6 is 0 Å². The van der Waals surface area contributed by atoms with E-state index in [0.29, 0.717) is 0 Å². The van der Waals surface area contributed by atoms with Crippen LogP contribution in [0.4, 0.5) is 0 Å². The third-order valence-electron chi connectivity index (χ3n) is 23.6. The van der Waals surface area contributed by atoms with Crippen molar-refractivity contribution in [1.29, 1.82) is 0 Å². The molecule has 0 spiro atoms. The molecule has 132 heavy (non-hydrogen) atoms. The Morgan fingerprint density at radius 1 is 0.136 bits per heavy atom. The minimum atomic E-state index is 1.03. The van der Waals surface area contributed by atoms with Crippen LogP contribution in [0.25, 0.3) is 131 Å². The number of hydrogen-bond donors (Lipinski definition) is 0. The van der Waals surface area contributed by atoms with Crippen LogP contribution in [0.3, 0.4) is 0 Å². The summed E-state index contributed by atoms with van der Waals surface area (Å²) < 4.78 is 0. The zero-order chi connectivity index (χ0) is 98.4. The lowest BCUT2D eigenvalue weighted by molar-refractivity contribution is 0.434. The third kappa shape index (κ3) is 30.3. The molecule has 0 radical (unpaired) electrons. The van der Waals surface area contributed by atoms with E-state index in [0.717, 1.165) is 77.8 Å². The van der Waals surface area contributed by atoms with E-state index in [1.165, 1.54) is 198 Å². The molecule has 6 aliphatic rings. The number of rotatable bonds is 6. The van der Waals surface area contributed by atoms with Crippen molar-refractivity contribution in [2.45, 2.75) is 205 Å². The fourth-order valence-electron chi connectivity index (χ4n) is 15.8. The first-order chi connectivity index (χ1) is 64.1. The molecule has 6 nitrogen and oxygen atoms in total. The van der Waals surface area contributed by atoms with Gasteiger partial charge in [0.25, 0.3) is 0 Å². The predicted molar refractivity (Wildman–Crippen MR) is 601 cm³/mol. The maximum absolute atomic E-state index is 2.44. The van der Waals surface area contributed by atoms with Gasteiger partial charge in [0.1, 0.15) is 0 Å². The van der Waals surface area contributed by atoms with Gasteiger partial charge in [0.05, 0.1) is 0 Å². The van der Waals surface area contributed by atoms with Crippen LogP contribution in [-0.4, -0.2) is 153 Å². The van der Waals surface area contributed by atoms with Crippen LogP contribution in [0.5, 0.6) is 0 Å². The maximum atomic E-state index is 2.44. The van der Waals surface area contributed by atoms with Gasteiger partial charge in [-0.1, -0.05) is 366 Å². The molecule has 0 N–H and O–H groups in total. The van der Waals surface area contributed by atoms with Crippen LogP contribution in [0.1, 0.15) is 233 Å². The third-order valence-corrected chi connectivity index (χ3v) is 23.6. The number of nitrogens with zero attached hydrogens (tertiary/aromatic N) is 6. The molecule has 15 aromatic carbocycles. The summed E-state index contributed by atoms with van der Waals surface area (Å²) in [7, 11) is 24.7. The van der Waals surface area contributed by atoms with Gasteiger partial charge in [-0.15, -0.1) is 0 Å². The Kier molecular flexibility index (Phi) is 51.8. The fraction of sp³-hybridized carbons (Fsp3) is 0.381. The molecule has 21 rings (SSSR count). The standard InChI is InChI=1S/C32H20.C28H18.C24H16.6C4H11N.9C2H6/c1-3-7-21-15-29-25(9-19(21)5-1)13-27-11-23-18-32-28(12-24(23)17-31(27)29)14-26-10-20-6-2-4-8-22(20)16-30(26)32;1-2-6-18-14-27-22(9-17(18)5-1)13-24-12-20-15-26-23(11-21(20)16-28(24)27)10-19-7-3-4-8-25(19)26;1-3-7-21-15(5-1)9-19-11-17-12-20-10-16-6-2-4-8-22(16)24(20)14-18(17)13-23(19)21;6*1-4-5(2)3;9*1-2/h1-12,15-18H,13-14H2;1-9,11-12,14-16H,10,13H2;1-8,11-14H,9-10H2;6*4H2,1-3H3;9*1-2H3. The molecule has 15 aromatic rings. The van der Waals surface area contributed by atoms with Gasteiger partial charge in [0.2, 0.25) is 0 Å². The Bertz CT molecular complexity index is 5650. The molecule has 0 atom stereocenters. The Hall–Kier alpha value is -10.4. The highest BCUT2D eigenvalue weighted by Gasteiger charge is 2.27. The molecule has 0 saturated heterocycles. The lowest BCUT2D eigenvalue weighted by atomic mass is 9.95. The molecule has 0 aliphatic heterocycles. The van der Waals surface area contributed by atoms with Gasteiger partial charge >= 0.3 is 0 Å². The van der Waals surface area contributed by atoms with Gasteiger partial charge in [-0.2, -0.15) is 0 Å². The molecular weight excluding hydrogens is 1600 g/mol. The fourth-order valence-corrected chi connectivity index (χ4v) is 15.8. The summed E-state index contributed by atoms with van der Waals surface area (Å²) in [6.45, 7) is 55.6. The first-order valence-electron chi connectivity index (χ1n) is 50.6. The summed E-state index contributed by atoms with van der Waals surface area (Å²) in [6.07, 6.45) is 6.30. The summed E-state index contributed by atoms with van der Waals surface area (Å²) in [6, 6.07) is 96.0. The second-order valence-electron chi connectivity index (χ2n) is 33.1. The average molecular weight is 1770 g/mol. The van der Waals surface area contributed by atoms with Crippen molar-refractivity contribution in [2.24, 2.45) is 0 Å². The van der Waals surface area contributed by atoms with E-state index in [4.69, 9.17) is 0 Å². The van der Waals surface area contributed by atoms with Crippen molar-refractivity contribution in [2.75, 3.05) is 124 Å². The highest BCUT2D eigenvalue weighted by molar-refractivity contribution is 6.03. The van der Waals surface area contributed by atoms with Gasteiger partial charge in [0.15, 0.2) is 0 Å². The largest absolute Gasteiger partial charge is 0.310 e. The highest BCUT2D eigenvalue weighted by Crippen LogP contribution is 2.49. The second kappa shape index (κ2) is 60.0. The molecule has 0 unspecified atom stereocenters. The summed E-state index contributed by atoms with van der Waals surface area (Å²) in [5.41, 5.74) is 34.5. The van der Waals surface area contributed by atoms with Crippen molar-refractivity contribution in [3.63, 3.8) is 0 Å². The van der Waals surface area contributed by atoms with E-state index in [2.05, 4.69) is 410 Å². The van der Waals surface area contributed by atoms with Crippen molar-refractivity contribution < 1.29 is 0 Å². The van der Waals surface area contributed by atoms with Crippen LogP contribution in [-0.2, 0) is 38.5 Å². The van der Waals surface area contributed by atoms with Crippen LogP contribution in [0.2, 0.25) is 0 Å². The first kappa shape index (κ1) is 114. The van der Waals surface area contributed by atoms with E-state index in [1.54, 1.807) is 0 Å². The van der Waals surface area contributed by atoms with Gasteiger partial charge in [-0.05, 0) is 415 Å². The Labute approximate surface area is 805 Å². The first-order valence-corrected chi connectivity index (χ1v) is 50.6. The molecular formula is C126H174N6. The Balaban J connectivity index is 0.000000336. The number of benzene rings is 15. The minimum Gasteiger partial charge on any atom is -0.310 e. The monoisotopic (exact) mass is 1770 g/mol. The molecule has 0 heterocycles. The van der Waals surface area contributed by atoms with Gasteiger partial charge in [0, 0.05) is 0 Å².